The summed E-state index contributed by atoms with van der Waals surface area (Å²) in [5, 5.41) is 19.5. The molecule has 2 aromatic carbocycles. The van der Waals surface area contributed by atoms with Crippen LogP contribution in [-0.4, -0.2) is 27.1 Å². The topological polar surface area (TPSA) is 101 Å². The Morgan fingerprint density at radius 2 is 1.81 bits per heavy atom. The monoisotopic (exact) mass is 510 g/mol. The van der Waals surface area contributed by atoms with Crippen molar-refractivity contribution in [1.82, 2.24) is 4.90 Å². The summed E-state index contributed by atoms with van der Waals surface area (Å²) in [6.07, 6.45) is 4.82. The van der Waals surface area contributed by atoms with Crippen molar-refractivity contribution in [2.75, 3.05) is 0 Å². The fourth-order valence-corrected chi connectivity index (χ4v) is 4.02. The summed E-state index contributed by atoms with van der Waals surface area (Å²) < 4.78 is 6.34. The molecule has 0 unspecified atom stereocenters. The van der Waals surface area contributed by atoms with Crippen LogP contribution < -0.4 is 0 Å². The zero-order chi connectivity index (χ0) is 22.5. The van der Waals surface area contributed by atoms with Crippen LogP contribution in [0.3, 0.4) is 0 Å². The van der Waals surface area contributed by atoms with Gasteiger partial charge in [0.25, 0.3) is 11.6 Å². The van der Waals surface area contributed by atoms with Crippen LogP contribution >= 0.6 is 27.7 Å². The van der Waals surface area contributed by atoms with E-state index in [1.165, 1.54) is 35.0 Å². The molecule has 160 valence electrons. The molecule has 2 heterocycles. The number of carbonyl (C=O) groups is 1. The number of amidine groups is 1. The first kappa shape index (κ1) is 21.7. The Kier molecular flexibility index (Phi) is 6.62. The minimum atomic E-state index is -0.465. The molecule has 1 amide bonds. The van der Waals surface area contributed by atoms with Gasteiger partial charge in [-0.2, -0.15) is 5.10 Å². The smallest absolute Gasteiger partial charge is 0.269 e. The number of furan rings is 1. The second-order valence-corrected chi connectivity index (χ2v) is 8.53. The summed E-state index contributed by atoms with van der Waals surface area (Å²) >= 11 is 4.62. The molecule has 10 heteroatoms. The molecule has 0 bridgehead atoms. The predicted molar refractivity (Wildman–Crippen MR) is 127 cm³/mol. The number of amides is 1. The molecule has 1 aliphatic rings. The maximum Gasteiger partial charge on any atom is 0.269 e. The van der Waals surface area contributed by atoms with Crippen molar-refractivity contribution < 1.29 is 14.1 Å². The summed E-state index contributed by atoms with van der Waals surface area (Å²) in [6.45, 7) is 0.225. The van der Waals surface area contributed by atoms with Crippen LogP contribution in [0.15, 0.2) is 90.9 Å². The van der Waals surface area contributed by atoms with Crippen molar-refractivity contribution in [1.29, 1.82) is 0 Å². The number of rotatable bonds is 6. The van der Waals surface area contributed by atoms with Gasteiger partial charge in [-0.15, -0.1) is 5.10 Å². The van der Waals surface area contributed by atoms with Crippen molar-refractivity contribution >= 4 is 56.7 Å². The van der Waals surface area contributed by atoms with E-state index in [9.17, 15) is 14.9 Å². The standard InChI is InChI=1S/C22H15BrN4O4S/c23-17-7-3-15(4-8-17)12-20-21(28)26(14-19-2-1-11-31-19)22(32-20)25-24-13-16-5-9-18(10-6-16)27(29)30/h1-13H,14H2/b20-12-,24-13+,25-22-. The number of carbonyl (C=O) groups excluding carboxylic acids is 1. The van der Waals surface area contributed by atoms with E-state index in [1.54, 1.807) is 36.6 Å². The number of benzene rings is 2. The van der Waals surface area contributed by atoms with E-state index in [1.807, 2.05) is 24.3 Å². The quantitative estimate of drug-likeness (QED) is 0.189. The van der Waals surface area contributed by atoms with E-state index in [0.29, 0.717) is 21.4 Å². The van der Waals surface area contributed by atoms with Crippen molar-refractivity contribution in [2.24, 2.45) is 10.2 Å². The highest BCUT2D eigenvalue weighted by atomic mass is 79.9. The molecule has 0 saturated carbocycles. The number of nitrogens with zero attached hydrogens (tertiary/aromatic N) is 4. The number of hydrogen-bond acceptors (Lipinski definition) is 7. The van der Waals surface area contributed by atoms with Gasteiger partial charge in [0.15, 0.2) is 5.17 Å². The molecule has 32 heavy (non-hydrogen) atoms. The largest absolute Gasteiger partial charge is 0.467 e. The fraction of sp³-hybridized carbons (Fsp3) is 0.0455. The molecular weight excluding hydrogens is 496 g/mol. The lowest BCUT2D eigenvalue weighted by Gasteiger charge is -2.12. The maximum absolute atomic E-state index is 13.0. The summed E-state index contributed by atoms with van der Waals surface area (Å²) in [5.74, 6) is 0.425. The second-order valence-electron chi connectivity index (χ2n) is 6.61. The van der Waals surface area contributed by atoms with Crippen molar-refractivity contribution in [3.05, 3.63) is 103 Å². The number of thioether (sulfide) groups is 1. The van der Waals surface area contributed by atoms with Gasteiger partial charge in [0.2, 0.25) is 0 Å². The van der Waals surface area contributed by atoms with Crippen LogP contribution in [0, 0.1) is 10.1 Å². The zero-order valence-corrected chi connectivity index (χ0v) is 18.8. The molecule has 0 aliphatic carbocycles. The number of halogens is 1. The third-order valence-corrected chi connectivity index (χ3v) is 5.93. The average molecular weight is 511 g/mol. The zero-order valence-electron chi connectivity index (χ0n) is 16.4. The lowest BCUT2D eigenvalue weighted by atomic mass is 10.2. The first-order chi connectivity index (χ1) is 15.5. The van der Waals surface area contributed by atoms with Crippen LogP contribution in [0.2, 0.25) is 0 Å². The van der Waals surface area contributed by atoms with Crippen LogP contribution in [0.5, 0.6) is 0 Å². The Labute approximate surface area is 195 Å². The predicted octanol–water partition coefficient (Wildman–Crippen LogP) is 5.46. The Balaban J connectivity index is 1.58. The fourth-order valence-electron chi connectivity index (χ4n) is 2.82. The molecule has 1 aromatic heterocycles. The molecular formula is C22H15BrN4O4S. The number of hydrogen-bond donors (Lipinski definition) is 0. The molecule has 0 spiro atoms. The minimum Gasteiger partial charge on any atom is -0.467 e. The normalized spacial score (nSPS) is 16.5. The summed E-state index contributed by atoms with van der Waals surface area (Å²) in [4.78, 5) is 25.4. The lowest BCUT2D eigenvalue weighted by Crippen LogP contribution is -2.28. The van der Waals surface area contributed by atoms with Crippen LogP contribution in [0.1, 0.15) is 16.9 Å². The van der Waals surface area contributed by atoms with E-state index in [2.05, 4.69) is 26.1 Å². The van der Waals surface area contributed by atoms with Gasteiger partial charge in [-0.1, -0.05) is 28.1 Å². The summed E-state index contributed by atoms with van der Waals surface area (Å²) in [5.41, 5.74) is 1.54. The van der Waals surface area contributed by atoms with Gasteiger partial charge >= 0.3 is 0 Å². The van der Waals surface area contributed by atoms with Crippen LogP contribution in [-0.2, 0) is 11.3 Å². The number of non-ortho nitro benzene ring substituents is 1. The van der Waals surface area contributed by atoms with Crippen LogP contribution in [0.4, 0.5) is 5.69 Å². The van der Waals surface area contributed by atoms with E-state index in [4.69, 9.17) is 4.42 Å². The Morgan fingerprint density at radius 1 is 1.09 bits per heavy atom. The molecule has 1 fully saturated rings. The van der Waals surface area contributed by atoms with Gasteiger partial charge in [-0.05, 0) is 65.4 Å². The van der Waals surface area contributed by atoms with E-state index in [0.717, 1.165) is 10.0 Å². The van der Waals surface area contributed by atoms with Gasteiger partial charge in [0.1, 0.15) is 5.76 Å². The van der Waals surface area contributed by atoms with Crippen molar-refractivity contribution in [3.8, 4) is 0 Å². The third-order valence-electron chi connectivity index (χ3n) is 4.40. The highest BCUT2D eigenvalue weighted by molar-refractivity contribution is 9.10. The van der Waals surface area contributed by atoms with Gasteiger partial charge < -0.3 is 4.42 Å². The van der Waals surface area contributed by atoms with Gasteiger partial charge in [0, 0.05) is 16.6 Å². The van der Waals surface area contributed by atoms with Gasteiger partial charge in [-0.25, -0.2) is 0 Å². The number of nitro groups is 1. The second kappa shape index (κ2) is 9.75. The lowest BCUT2D eigenvalue weighted by molar-refractivity contribution is -0.384. The molecule has 1 saturated heterocycles. The first-order valence-corrected chi connectivity index (χ1v) is 11.0. The van der Waals surface area contributed by atoms with E-state index < -0.39 is 4.92 Å². The third kappa shape index (κ3) is 5.21. The van der Waals surface area contributed by atoms with Gasteiger partial charge in [0.05, 0.1) is 28.9 Å². The summed E-state index contributed by atoms with van der Waals surface area (Å²) in [6, 6.07) is 17.1. The van der Waals surface area contributed by atoms with Crippen molar-refractivity contribution in [3.63, 3.8) is 0 Å². The van der Waals surface area contributed by atoms with E-state index in [-0.39, 0.29) is 18.1 Å². The SMILES string of the molecule is O=C1/C(=C/c2ccc(Br)cc2)S/C(=N\N=C\c2ccc([N+](=O)[O-])cc2)N1Cc1ccco1. The molecule has 3 aromatic rings. The Morgan fingerprint density at radius 3 is 2.47 bits per heavy atom. The molecule has 0 radical (unpaired) electrons. The number of nitro benzene ring substituents is 1. The average Bonchev–Trinajstić information content (AvgIpc) is 3.40. The van der Waals surface area contributed by atoms with Crippen LogP contribution in [0.25, 0.3) is 6.08 Å². The maximum atomic E-state index is 13.0. The molecule has 0 N–H and O–H groups in total. The Bertz CT molecular complexity index is 1220. The molecule has 0 atom stereocenters. The molecule has 4 rings (SSSR count). The Hall–Kier alpha value is -3.50. The van der Waals surface area contributed by atoms with E-state index >= 15 is 0 Å². The minimum absolute atomic E-state index is 0.00208. The van der Waals surface area contributed by atoms with Crippen molar-refractivity contribution in [2.45, 2.75) is 6.54 Å². The highest BCUT2D eigenvalue weighted by Crippen LogP contribution is 2.34. The van der Waals surface area contributed by atoms with Gasteiger partial charge in [-0.3, -0.25) is 19.8 Å². The first-order valence-electron chi connectivity index (χ1n) is 9.34. The molecule has 1 aliphatic heterocycles. The highest BCUT2D eigenvalue weighted by Gasteiger charge is 2.34. The molecule has 8 nitrogen and oxygen atoms in total. The summed E-state index contributed by atoms with van der Waals surface area (Å²) in [7, 11) is 0.